The van der Waals surface area contributed by atoms with Gasteiger partial charge in [0.05, 0.1) is 11.6 Å². The second-order valence-corrected chi connectivity index (χ2v) is 12.6. The molecule has 1 unspecified atom stereocenters. The normalized spacial score (nSPS) is 25.8. The molecule has 0 radical (unpaired) electrons. The van der Waals surface area contributed by atoms with Crippen LogP contribution in [0.3, 0.4) is 0 Å². The van der Waals surface area contributed by atoms with E-state index in [1.807, 2.05) is 19.1 Å². The topological polar surface area (TPSA) is 159 Å². The molecule has 1 aromatic rings. The number of nitrogens with one attached hydrogen (secondary N) is 1. The number of nitrogens with two attached hydrogens (primary N) is 1. The Morgan fingerprint density at radius 3 is 2.74 bits per heavy atom. The van der Waals surface area contributed by atoms with Gasteiger partial charge in [-0.15, -0.1) is 0 Å². The van der Waals surface area contributed by atoms with Crippen LogP contribution in [0.4, 0.5) is 0 Å². The zero-order valence-corrected chi connectivity index (χ0v) is 25.2. The molecule has 1 saturated carbocycles. The molecule has 5 rings (SSSR count). The van der Waals surface area contributed by atoms with Crippen molar-refractivity contribution in [2.45, 2.75) is 94.7 Å². The number of amides is 2. The van der Waals surface area contributed by atoms with Gasteiger partial charge in [0.15, 0.2) is 17.7 Å². The van der Waals surface area contributed by atoms with Gasteiger partial charge in [0, 0.05) is 43.0 Å². The zero-order chi connectivity index (χ0) is 30.9. The molecule has 2 aliphatic carbocycles. The molecule has 0 aromatic heterocycles. The highest BCUT2D eigenvalue weighted by molar-refractivity contribution is 6.00. The number of piperidine rings is 1. The second-order valence-electron chi connectivity index (χ2n) is 12.6. The molecule has 1 spiro atoms. The SMILES string of the molecule is CCN(CCCC(=O)[C@H](CCCCN)NC(=O)CC(=O)O)C(=O)c1ccc2c3c1O[C@H]1C(=O)CCC4[C@@H](C2)N(C)CC[C@@]341. The van der Waals surface area contributed by atoms with Gasteiger partial charge in [-0.1, -0.05) is 6.07 Å². The van der Waals surface area contributed by atoms with Crippen molar-refractivity contribution in [3.05, 3.63) is 28.8 Å². The number of hydrogen-bond donors (Lipinski definition) is 3. The van der Waals surface area contributed by atoms with Crippen molar-refractivity contribution in [2.24, 2.45) is 11.7 Å². The highest BCUT2D eigenvalue weighted by Crippen LogP contribution is 2.62. The molecule has 5 atom stereocenters. The van der Waals surface area contributed by atoms with Crippen LogP contribution in [0.2, 0.25) is 0 Å². The number of nitrogens with zero attached hydrogens (tertiary/aromatic N) is 2. The fourth-order valence-electron chi connectivity index (χ4n) is 8.08. The predicted octanol–water partition coefficient (Wildman–Crippen LogP) is 1.82. The number of aliphatic carboxylic acids is 1. The van der Waals surface area contributed by atoms with Crippen LogP contribution in [0.1, 0.15) is 86.2 Å². The molecule has 1 aromatic carbocycles. The van der Waals surface area contributed by atoms with E-state index in [0.717, 1.165) is 31.4 Å². The van der Waals surface area contributed by atoms with E-state index >= 15 is 0 Å². The summed E-state index contributed by atoms with van der Waals surface area (Å²) in [6.07, 6.45) is 4.08. The lowest BCUT2D eigenvalue weighted by Gasteiger charge is -2.57. The summed E-state index contributed by atoms with van der Waals surface area (Å²) in [6, 6.07) is 3.46. The fraction of sp³-hybridized carbons (Fsp3) is 0.656. The minimum Gasteiger partial charge on any atom is -0.481 e. The summed E-state index contributed by atoms with van der Waals surface area (Å²) in [7, 11) is 2.17. The van der Waals surface area contributed by atoms with Gasteiger partial charge in [0.1, 0.15) is 12.2 Å². The molecular weight excluding hydrogens is 552 g/mol. The first-order valence-corrected chi connectivity index (χ1v) is 15.7. The number of carbonyl (C=O) groups excluding carboxylic acids is 4. The number of ketones is 2. The van der Waals surface area contributed by atoms with Crippen LogP contribution in [0, 0.1) is 5.92 Å². The third-order valence-corrected chi connectivity index (χ3v) is 10.1. The number of likely N-dealkylation sites (tertiary alicyclic amines) is 1. The molecule has 11 heteroatoms. The third kappa shape index (κ3) is 5.69. The number of carbonyl (C=O) groups is 5. The van der Waals surface area contributed by atoms with Crippen LogP contribution in [0.25, 0.3) is 0 Å². The Morgan fingerprint density at radius 2 is 2.02 bits per heavy atom. The summed E-state index contributed by atoms with van der Waals surface area (Å²) in [5.74, 6) is -1.31. The van der Waals surface area contributed by atoms with Gasteiger partial charge in [0.2, 0.25) is 5.91 Å². The number of benzene rings is 1. The molecular formula is C32H44N4O7. The van der Waals surface area contributed by atoms with E-state index in [1.165, 1.54) is 5.56 Å². The quantitative estimate of drug-likeness (QED) is 0.215. The van der Waals surface area contributed by atoms with E-state index in [-0.39, 0.29) is 29.3 Å². The third-order valence-electron chi connectivity index (χ3n) is 10.1. The van der Waals surface area contributed by atoms with E-state index in [9.17, 15) is 24.0 Å². The van der Waals surface area contributed by atoms with Gasteiger partial charge in [-0.3, -0.25) is 24.0 Å². The molecule has 4 aliphatic rings. The number of hydrogen-bond acceptors (Lipinski definition) is 8. The Hall–Kier alpha value is -3.31. The number of rotatable bonds is 14. The number of unbranched alkanes of at least 4 members (excludes halogenated alkanes) is 1. The van der Waals surface area contributed by atoms with Crippen molar-refractivity contribution in [1.29, 1.82) is 0 Å². The van der Waals surface area contributed by atoms with Crippen molar-refractivity contribution in [1.82, 2.24) is 15.1 Å². The molecule has 2 aliphatic heterocycles. The van der Waals surface area contributed by atoms with E-state index < -0.39 is 30.4 Å². The van der Waals surface area contributed by atoms with Crippen LogP contribution < -0.4 is 15.8 Å². The highest BCUT2D eigenvalue weighted by Gasteiger charge is 2.65. The Labute approximate surface area is 252 Å². The summed E-state index contributed by atoms with van der Waals surface area (Å²) in [5, 5.41) is 11.5. The van der Waals surface area contributed by atoms with Crippen molar-refractivity contribution in [2.75, 3.05) is 33.2 Å². The summed E-state index contributed by atoms with van der Waals surface area (Å²) in [6.45, 7) is 4.01. The largest absolute Gasteiger partial charge is 0.481 e. The van der Waals surface area contributed by atoms with Gasteiger partial charge in [-0.2, -0.15) is 0 Å². The molecule has 43 heavy (non-hydrogen) atoms. The van der Waals surface area contributed by atoms with Crippen LogP contribution in [-0.2, 0) is 31.0 Å². The first-order chi connectivity index (χ1) is 20.6. The number of ether oxygens (including phenoxy) is 1. The molecule has 11 nitrogen and oxygen atoms in total. The maximum atomic E-state index is 13.9. The molecule has 4 N–H and O–H groups in total. The maximum Gasteiger partial charge on any atom is 0.312 e. The Balaban J connectivity index is 1.30. The Bertz CT molecular complexity index is 1300. The summed E-state index contributed by atoms with van der Waals surface area (Å²) >= 11 is 0. The Kier molecular flexibility index (Phi) is 9.22. The summed E-state index contributed by atoms with van der Waals surface area (Å²) < 4.78 is 6.50. The molecule has 2 heterocycles. The van der Waals surface area contributed by atoms with Gasteiger partial charge >= 0.3 is 5.97 Å². The smallest absolute Gasteiger partial charge is 0.312 e. The van der Waals surface area contributed by atoms with E-state index in [1.54, 1.807) is 4.90 Å². The predicted molar refractivity (Wildman–Crippen MR) is 158 cm³/mol. The average Bonchev–Trinajstić information content (AvgIpc) is 3.32. The van der Waals surface area contributed by atoms with Gasteiger partial charge in [-0.05, 0) is 89.6 Å². The molecule has 234 valence electrons. The van der Waals surface area contributed by atoms with Crippen molar-refractivity contribution >= 4 is 29.4 Å². The first kappa shape index (κ1) is 31.1. The lowest BCUT2D eigenvalue weighted by molar-refractivity contribution is -0.142. The average molecular weight is 597 g/mol. The van der Waals surface area contributed by atoms with Crippen LogP contribution >= 0.6 is 0 Å². The van der Waals surface area contributed by atoms with Crippen molar-refractivity contribution in [3.8, 4) is 5.75 Å². The lowest BCUT2D eigenvalue weighted by atomic mass is 9.51. The number of likely N-dealkylation sites (N-methyl/N-ethyl adjacent to an activating group) is 1. The lowest BCUT2D eigenvalue weighted by Crippen LogP contribution is -2.65. The standard InChI is InChI=1S/C32H44N4O7/c1-3-36(15-6-8-24(37)22(7-4-5-14-33)34-26(39)18-27(40)41)31(42)20-10-9-19-17-23-21-11-12-25(38)30-32(21,13-16-35(23)2)28(19)29(20)43-30/h9-10,21-23,30H,3-8,11-18,33H2,1-2H3,(H,34,39)(H,40,41)/t21?,22-,23+,30-,32-/m0/s1. The van der Waals surface area contributed by atoms with Crippen LogP contribution in [-0.4, -0.2) is 95.7 Å². The van der Waals surface area contributed by atoms with Gasteiger partial charge in [-0.25, -0.2) is 0 Å². The maximum absolute atomic E-state index is 13.9. The van der Waals surface area contributed by atoms with Gasteiger partial charge in [0.25, 0.3) is 5.91 Å². The summed E-state index contributed by atoms with van der Waals surface area (Å²) in [5.41, 5.74) is 7.94. The van der Waals surface area contributed by atoms with Crippen LogP contribution in [0.5, 0.6) is 5.75 Å². The highest BCUT2D eigenvalue weighted by atomic mass is 16.5. The second kappa shape index (κ2) is 12.7. The minimum atomic E-state index is -1.26. The van der Waals surface area contributed by atoms with Crippen molar-refractivity contribution < 1.29 is 33.8 Å². The minimum absolute atomic E-state index is 0.129. The fourth-order valence-corrected chi connectivity index (χ4v) is 8.08. The first-order valence-electron chi connectivity index (χ1n) is 15.7. The molecule has 2 fully saturated rings. The molecule has 1 saturated heterocycles. The Morgan fingerprint density at radius 1 is 1.23 bits per heavy atom. The van der Waals surface area contributed by atoms with Crippen LogP contribution in [0.15, 0.2) is 12.1 Å². The monoisotopic (exact) mass is 596 g/mol. The number of carboxylic acids is 1. The van der Waals surface area contributed by atoms with Crippen molar-refractivity contribution in [3.63, 3.8) is 0 Å². The van der Waals surface area contributed by atoms with Gasteiger partial charge < -0.3 is 30.7 Å². The van der Waals surface area contributed by atoms with E-state index in [0.29, 0.717) is 75.0 Å². The molecule has 2 amide bonds. The number of Topliss-reactive ketones (excluding diaryl/α,β-unsaturated/α-hetero) is 2. The van der Waals surface area contributed by atoms with E-state index in [4.69, 9.17) is 15.6 Å². The molecule has 2 bridgehead atoms. The van der Waals surface area contributed by atoms with E-state index in [2.05, 4.69) is 17.3 Å². The zero-order valence-electron chi connectivity index (χ0n) is 25.2. The number of carboxylic acid groups (broad SMARTS) is 1. The summed E-state index contributed by atoms with van der Waals surface area (Å²) in [4.78, 5) is 67.3.